The lowest BCUT2D eigenvalue weighted by molar-refractivity contribution is -0.383. The second-order valence-electron chi connectivity index (χ2n) is 6.15. The van der Waals surface area contributed by atoms with E-state index in [1.807, 2.05) is 20.8 Å². The molecule has 0 spiro atoms. The molecular formula is C15H19ClN6O3. The zero-order valence-corrected chi connectivity index (χ0v) is 15.0. The van der Waals surface area contributed by atoms with Crippen molar-refractivity contribution in [1.82, 2.24) is 15.4 Å². The van der Waals surface area contributed by atoms with Gasteiger partial charge in [-0.1, -0.05) is 11.6 Å². The van der Waals surface area contributed by atoms with E-state index in [2.05, 4.69) is 26.1 Å². The van der Waals surface area contributed by atoms with E-state index in [1.54, 1.807) is 18.2 Å². The molecule has 2 aromatic rings. The highest BCUT2D eigenvalue weighted by Gasteiger charge is 2.25. The highest BCUT2D eigenvalue weighted by Crippen LogP contribution is 2.35. The van der Waals surface area contributed by atoms with Crippen molar-refractivity contribution >= 4 is 34.6 Å². The van der Waals surface area contributed by atoms with Crippen LogP contribution in [0.4, 0.5) is 23.0 Å². The topological polar surface area (TPSA) is 114 Å². The van der Waals surface area contributed by atoms with E-state index >= 15 is 0 Å². The van der Waals surface area contributed by atoms with Gasteiger partial charge in [0.05, 0.1) is 17.7 Å². The number of hydrazine groups is 1. The molecule has 0 fully saturated rings. The maximum absolute atomic E-state index is 11.5. The normalized spacial score (nSPS) is 11.1. The molecule has 0 saturated carbocycles. The maximum atomic E-state index is 11.5. The zero-order chi connectivity index (χ0) is 18.6. The maximum Gasteiger partial charge on any atom is 0.354 e. The first-order chi connectivity index (χ1) is 11.7. The summed E-state index contributed by atoms with van der Waals surface area (Å²) in [6, 6.07) is 4.89. The van der Waals surface area contributed by atoms with Crippen molar-refractivity contribution in [2.75, 3.05) is 17.9 Å². The number of nitrogens with zero attached hydrogens (tertiary/aromatic N) is 3. The Morgan fingerprint density at radius 1 is 1.24 bits per heavy atom. The highest BCUT2D eigenvalue weighted by atomic mass is 35.5. The summed E-state index contributed by atoms with van der Waals surface area (Å²) in [6.07, 6.45) is 1.22. The van der Waals surface area contributed by atoms with Crippen molar-refractivity contribution in [1.29, 1.82) is 0 Å². The van der Waals surface area contributed by atoms with Gasteiger partial charge in [-0.3, -0.25) is 15.5 Å². The number of nitrogens with one attached hydrogen (secondary N) is 3. The molecule has 0 amide bonds. The molecule has 1 heterocycles. The number of nitro groups is 1. The smallest absolute Gasteiger partial charge is 0.354 e. The molecule has 25 heavy (non-hydrogen) atoms. The first-order valence-corrected chi connectivity index (χ1v) is 7.72. The van der Waals surface area contributed by atoms with E-state index < -0.39 is 4.92 Å². The van der Waals surface area contributed by atoms with Gasteiger partial charge in [-0.25, -0.2) is 15.4 Å². The van der Waals surface area contributed by atoms with Crippen LogP contribution in [0.25, 0.3) is 0 Å². The summed E-state index contributed by atoms with van der Waals surface area (Å²) in [6.45, 7) is 5.72. The van der Waals surface area contributed by atoms with Gasteiger partial charge < -0.3 is 10.1 Å². The fourth-order valence-corrected chi connectivity index (χ4v) is 2.06. The van der Waals surface area contributed by atoms with Gasteiger partial charge in [-0.05, 0) is 39.0 Å². The minimum absolute atomic E-state index is 0.0128. The minimum atomic E-state index is -0.563. The van der Waals surface area contributed by atoms with Crippen LogP contribution in [-0.2, 0) is 0 Å². The molecule has 0 aliphatic heterocycles. The predicted molar refractivity (Wildman–Crippen MR) is 96.5 cm³/mol. The molecule has 0 aliphatic carbocycles. The van der Waals surface area contributed by atoms with Gasteiger partial charge in [0.2, 0.25) is 11.6 Å². The van der Waals surface area contributed by atoms with E-state index in [9.17, 15) is 10.1 Å². The van der Waals surface area contributed by atoms with Crippen molar-refractivity contribution in [2.45, 2.75) is 26.3 Å². The highest BCUT2D eigenvalue weighted by molar-refractivity contribution is 6.31. The van der Waals surface area contributed by atoms with Crippen LogP contribution in [0.15, 0.2) is 24.5 Å². The van der Waals surface area contributed by atoms with Crippen LogP contribution in [0.3, 0.4) is 0 Å². The van der Waals surface area contributed by atoms with Gasteiger partial charge in [0.1, 0.15) is 12.1 Å². The first-order valence-electron chi connectivity index (χ1n) is 7.34. The van der Waals surface area contributed by atoms with Crippen molar-refractivity contribution in [2.24, 2.45) is 0 Å². The average Bonchev–Trinajstić information content (AvgIpc) is 2.52. The fourth-order valence-electron chi connectivity index (χ4n) is 1.89. The predicted octanol–water partition coefficient (Wildman–Crippen LogP) is 3.51. The van der Waals surface area contributed by atoms with Gasteiger partial charge in [0.25, 0.3) is 0 Å². The van der Waals surface area contributed by atoms with Crippen LogP contribution in [0.5, 0.6) is 5.75 Å². The van der Waals surface area contributed by atoms with Gasteiger partial charge >= 0.3 is 5.69 Å². The Morgan fingerprint density at radius 2 is 1.92 bits per heavy atom. The lowest BCUT2D eigenvalue weighted by atomic mass is 10.1. The number of hydrogen-bond acceptors (Lipinski definition) is 8. The monoisotopic (exact) mass is 366 g/mol. The molecule has 0 radical (unpaired) electrons. The Bertz CT molecular complexity index is 778. The molecule has 9 nitrogen and oxygen atoms in total. The Morgan fingerprint density at radius 3 is 2.52 bits per heavy atom. The quantitative estimate of drug-likeness (QED) is 0.525. The number of benzene rings is 1. The van der Waals surface area contributed by atoms with Crippen LogP contribution in [0, 0.1) is 10.1 Å². The fraction of sp³-hybridized carbons (Fsp3) is 0.333. The van der Waals surface area contributed by atoms with Crippen LogP contribution in [0.1, 0.15) is 20.8 Å². The van der Waals surface area contributed by atoms with Crippen LogP contribution in [-0.4, -0.2) is 27.5 Å². The van der Waals surface area contributed by atoms with Gasteiger partial charge in [-0.2, -0.15) is 0 Å². The van der Waals surface area contributed by atoms with E-state index in [0.717, 1.165) is 0 Å². The number of rotatable bonds is 6. The summed E-state index contributed by atoms with van der Waals surface area (Å²) in [5.74, 6) is 0.525. The number of ether oxygens (including phenoxy) is 1. The Kier molecular flexibility index (Phi) is 5.60. The minimum Gasteiger partial charge on any atom is -0.495 e. The molecule has 3 N–H and O–H groups in total. The average molecular weight is 367 g/mol. The van der Waals surface area contributed by atoms with E-state index in [0.29, 0.717) is 16.5 Å². The number of aromatic nitrogens is 2. The number of methoxy groups -OCH3 is 1. The molecule has 134 valence electrons. The second kappa shape index (κ2) is 7.49. The number of hydrogen-bond donors (Lipinski definition) is 3. The van der Waals surface area contributed by atoms with E-state index in [-0.39, 0.29) is 22.9 Å². The van der Waals surface area contributed by atoms with E-state index in [4.69, 9.17) is 16.3 Å². The number of halogens is 1. The van der Waals surface area contributed by atoms with Crippen molar-refractivity contribution in [3.05, 3.63) is 39.7 Å². The molecule has 0 unspecified atom stereocenters. The van der Waals surface area contributed by atoms with Crippen molar-refractivity contribution < 1.29 is 9.66 Å². The third kappa shape index (κ3) is 4.91. The summed E-state index contributed by atoms with van der Waals surface area (Å²) in [5, 5.41) is 14.9. The van der Waals surface area contributed by atoms with Crippen LogP contribution < -0.4 is 20.9 Å². The molecule has 0 saturated heterocycles. The SMILES string of the molecule is COc1ccc(Cl)cc1Nc1ncnc(NNC(C)(C)C)c1[N+](=O)[O-]. The van der Waals surface area contributed by atoms with Crippen molar-refractivity contribution in [3.63, 3.8) is 0 Å². The van der Waals surface area contributed by atoms with Gasteiger partial charge in [0, 0.05) is 10.6 Å². The van der Waals surface area contributed by atoms with Crippen molar-refractivity contribution in [3.8, 4) is 5.75 Å². The number of anilines is 3. The third-order valence-corrected chi connectivity index (χ3v) is 3.21. The molecule has 0 atom stereocenters. The molecule has 0 bridgehead atoms. The Labute approximate surface area is 149 Å². The summed E-state index contributed by atoms with van der Waals surface area (Å²) in [5.41, 5.74) is 5.53. The molecule has 2 rings (SSSR count). The summed E-state index contributed by atoms with van der Waals surface area (Å²) >= 11 is 5.99. The molecule has 0 aliphatic rings. The zero-order valence-electron chi connectivity index (χ0n) is 14.3. The Balaban J connectivity index is 2.41. The second-order valence-corrected chi connectivity index (χ2v) is 6.58. The Hall–Kier alpha value is -2.65. The third-order valence-electron chi connectivity index (χ3n) is 2.98. The van der Waals surface area contributed by atoms with Crippen LogP contribution in [0.2, 0.25) is 5.02 Å². The molecule has 10 heteroatoms. The summed E-state index contributed by atoms with van der Waals surface area (Å²) in [7, 11) is 1.49. The standard InChI is InChI=1S/C15H19ClN6O3/c1-15(2,3)21-20-14-12(22(23)24)13(17-8-18-14)19-10-7-9(16)5-6-11(10)25-4/h5-8,21H,1-4H3,(H2,17,18,19,20). The lowest BCUT2D eigenvalue weighted by Crippen LogP contribution is -2.40. The molecule has 1 aromatic heterocycles. The largest absolute Gasteiger partial charge is 0.495 e. The van der Waals surface area contributed by atoms with E-state index in [1.165, 1.54) is 13.4 Å². The van der Waals surface area contributed by atoms with Gasteiger partial charge in [-0.15, -0.1) is 0 Å². The lowest BCUT2D eigenvalue weighted by Gasteiger charge is -2.21. The summed E-state index contributed by atoms with van der Waals surface area (Å²) < 4.78 is 5.23. The first kappa shape index (κ1) is 18.7. The molecular weight excluding hydrogens is 348 g/mol. The molecule has 1 aromatic carbocycles. The summed E-state index contributed by atoms with van der Waals surface area (Å²) in [4.78, 5) is 18.9. The van der Waals surface area contributed by atoms with Gasteiger partial charge in [0.15, 0.2) is 0 Å². The van der Waals surface area contributed by atoms with Crippen LogP contribution >= 0.6 is 11.6 Å².